The fourth-order valence-electron chi connectivity index (χ4n) is 1.60. The molecule has 1 aromatic heterocycles. The van der Waals surface area contributed by atoms with Gasteiger partial charge >= 0.3 is 0 Å². The summed E-state index contributed by atoms with van der Waals surface area (Å²) in [6.07, 6.45) is 2.99. The predicted octanol–water partition coefficient (Wildman–Crippen LogP) is 3.29. The van der Waals surface area contributed by atoms with E-state index in [4.69, 9.17) is 5.73 Å². The van der Waals surface area contributed by atoms with Crippen molar-refractivity contribution in [3.8, 4) is 0 Å². The lowest BCUT2D eigenvalue weighted by molar-refractivity contribution is 0.598. The van der Waals surface area contributed by atoms with Gasteiger partial charge in [0.25, 0.3) is 0 Å². The van der Waals surface area contributed by atoms with Gasteiger partial charge < -0.3 is 5.73 Å². The summed E-state index contributed by atoms with van der Waals surface area (Å²) in [5.41, 5.74) is 6.85. The van der Waals surface area contributed by atoms with Crippen molar-refractivity contribution in [2.45, 2.75) is 46.0 Å². The van der Waals surface area contributed by atoms with E-state index in [2.05, 4.69) is 46.7 Å². The Bertz CT molecular complexity index is 335. The summed E-state index contributed by atoms with van der Waals surface area (Å²) < 4.78 is 0.847. The Labute approximate surface area is 99.6 Å². The standard InChI is InChI=1S/C11H18BrN3/c1-4-7(5-2)11-14-8(6-3)9(12)10(13)15-11/h7H,4-6H2,1-3H3,(H2,13,14,15). The van der Waals surface area contributed by atoms with Crippen LogP contribution < -0.4 is 5.73 Å². The van der Waals surface area contributed by atoms with Crippen LogP contribution in [0.25, 0.3) is 0 Å². The van der Waals surface area contributed by atoms with Crippen LogP contribution in [0.4, 0.5) is 5.82 Å². The smallest absolute Gasteiger partial charge is 0.141 e. The molecule has 4 heteroatoms. The maximum atomic E-state index is 5.85. The van der Waals surface area contributed by atoms with Crippen LogP contribution in [-0.2, 0) is 6.42 Å². The van der Waals surface area contributed by atoms with Crippen LogP contribution in [0, 0.1) is 0 Å². The summed E-state index contributed by atoms with van der Waals surface area (Å²) in [7, 11) is 0. The zero-order valence-corrected chi connectivity index (χ0v) is 11.1. The molecule has 0 spiro atoms. The first kappa shape index (κ1) is 12.4. The third-order valence-electron chi connectivity index (χ3n) is 2.65. The molecule has 2 N–H and O–H groups in total. The average molecular weight is 272 g/mol. The maximum Gasteiger partial charge on any atom is 0.141 e. The summed E-state index contributed by atoms with van der Waals surface area (Å²) in [5, 5.41) is 0. The number of rotatable bonds is 4. The van der Waals surface area contributed by atoms with E-state index in [0.29, 0.717) is 11.7 Å². The van der Waals surface area contributed by atoms with Crippen molar-refractivity contribution in [3.05, 3.63) is 16.0 Å². The predicted molar refractivity (Wildman–Crippen MR) is 66.8 cm³/mol. The molecule has 84 valence electrons. The second-order valence-electron chi connectivity index (χ2n) is 3.59. The van der Waals surface area contributed by atoms with Gasteiger partial charge in [0.2, 0.25) is 0 Å². The molecule has 0 saturated heterocycles. The molecule has 1 rings (SSSR count). The lowest BCUT2D eigenvalue weighted by atomic mass is 10.0. The Kier molecular flexibility index (Phi) is 4.51. The maximum absolute atomic E-state index is 5.85. The van der Waals surface area contributed by atoms with Gasteiger partial charge in [-0.05, 0) is 35.2 Å². The van der Waals surface area contributed by atoms with Crippen molar-refractivity contribution < 1.29 is 0 Å². The first-order valence-corrected chi connectivity index (χ1v) is 6.25. The number of nitrogens with zero attached hydrogens (tertiary/aromatic N) is 2. The molecule has 0 radical (unpaired) electrons. The molecule has 0 aliphatic carbocycles. The van der Waals surface area contributed by atoms with E-state index in [1.54, 1.807) is 0 Å². The van der Waals surface area contributed by atoms with Crippen LogP contribution in [0.5, 0.6) is 0 Å². The first-order valence-electron chi connectivity index (χ1n) is 5.45. The van der Waals surface area contributed by atoms with E-state index in [1.165, 1.54) is 0 Å². The molecule has 0 fully saturated rings. The highest BCUT2D eigenvalue weighted by Gasteiger charge is 2.14. The van der Waals surface area contributed by atoms with Crippen LogP contribution >= 0.6 is 15.9 Å². The van der Waals surface area contributed by atoms with Gasteiger partial charge in [0.1, 0.15) is 11.6 Å². The van der Waals surface area contributed by atoms with Gasteiger partial charge in [-0.15, -0.1) is 0 Å². The summed E-state index contributed by atoms with van der Waals surface area (Å²) in [4.78, 5) is 8.90. The average Bonchev–Trinajstić information content (AvgIpc) is 2.24. The Morgan fingerprint density at radius 2 is 1.80 bits per heavy atom. The van der Waals surface area contributed by atoms with Crippen LogP contribution in [0.15, 0.2) is 4.47 Å². The van der Waals surface area contributed by atoms with Gasteiger partial charge in [-0.3, -0.25) is 0 Å². The zero-order valence-electron chi connectivity index (χ0n) is 9.55. The summed E-state index contributed by atoms with van der Waals surface area (Å²) >= 11 is 3.42. The minimum absolute atomic E-state index is 0.422. The molecule has 0 bridgehead atoms. The molecule has 0 unspecified atom stereocenters. The van der Waals surface area contributed by atoms with E-state index < -0.39 is 0 Å². The lowest BCUT2D eigenvalue weighted by Crippen LogP contribution is -2.08. The second-order valence-corrected chi connectivity index (χ2v) is 4.39. The molecule has 3 nitrogen and oxygen atoms in total. The summed E-state index contributed by atoms with van der Waals surface area (Å²) in [6, 6.07) is 0. The number of hydrogen-bond donors (Lipinski definition) is 1. The van der Waals surface area contributed by atoms with Crippen molar-refractivity contribution in [2.75, 3.05) is 5.73 Å². The summed E-state index contributed by atoms with van der Waals surface area (Å²) in [5.74, 6) is 1.87. The molecule has 0 aliphatic rings. The van der Waals surface area contributed by atoms with E-state index in [9.17, 15) is 0 Å². The normalized spacial score (nSPS) is 11.0. The van der Waals surface area contributed by atoms with Crippen LogP contribution in [0.3, 0.4) is 0 Å². The number of halogens is 1. The highest BCUT2D eigenvalue weighted by molar-refractivity contribution is 9.10. The molecule has 15 heavy (non-hydrogen) atoms. The van der Waals surface area contributed by atoms with Gasteiger partial charge in [-0.2, -0.15) is 0 Å². The monoisotopic (exact) mass is 271 g/mol. The van der Waals surface area contributed by atoms with Gasteiger partial charge in [0.15, 0.2) is 0 Å². The fourth-order valence-corrected chi connectivity index (χ4v) is 2.06. The first-order chi connectivity index (χ1) is 7.13. The molecule has 0 amide bonds. The number of aryl methyl sites for hydroxylation is 1. The minimum atomic E-state index is 0.422. The molecular formula is C11H18BrN3. The number of nitrogens with two attached hydrogens (primary N) is 1. The van der Waals surface area contributed by atoms with E-state index in [0.717, 1.165) is 35.3 Å². The molecule has 0 aliphatic heterocycles. The number of anilines is 1. The van der Waals surface area contributed by atoms with Gasteiger partial charge in [-0.25, -0.2) is 9.97 Å². The number of hydrogen-bond acceptors (Lipinski definition) is 3. The van der Waals surface area contributed by atoms with Crippen molar-refractivity contribution in [1.82, 2.24) is 9.97 Å². The SMILES string of the molecule is CCc1nc(C(CC)CC)nc(N)c1Br. The molecule has 0 aromatic carbocycles. The highest BCUT2D eigenvalue weighted by Crippen LogP contribution is 2.26. The third kappa shape index (κ3) is 2.68. The van der Waals surface area contributed by atoms with Crippen molar-refractivity contribution in [2.24, 2.45) is 0 Å². The molecule has 0 atom stereocenters. The Morgan fingerprint density at radius 3 is 2.27 bits per heavy atom. The van der Waals surface area contributed by atoms with Gasteiger partial charge in [0, 0.05) is 5.92 Å². The number of nitrogen functional groups attached to an aromatic ring is 1. The van der Waals surface area contributed by atoms with Crippen molar-refractivity contribution in [1.29, 1.82) is 0 Å². The topological polar surface area (TPSA) is 51.8 Å². The fraction of sp³-hybridized carbons (Fsp3) is 0.636. The Morgan fingerprint density at radius 1 is 1.20 bits per heavy atom. The second kappa shape index (κ2) is 5.45. The van der Waals surface area contributed by atoms with E-state index in [1.807, 2.05) is 0 Å². The Hall–Kier alpha value is -0.640. The number of aromatic nitrogens is 2. The zero-order chi connectivity index (χ0) is 11.4. The molecular weight excluding hydrogens is 254 g/mol. The lowest BCUT2D eigenvalue weighted by Gasteiger charge is -2.13. The molecule has 1 aromatic rings. The van der Waals surface area contributed by atoms with Crippen LogP contribution in [0.2, 0.25) is 0 Å². The van der Waals surface area contributed by atoms with Crippen molar-refractivity contribution in [3.63, 3.8) is 0 Å². The van der Waals surface area contributed by atoms with Gasteiger partial charge in [-0.1, -0.05) is 20.8 Å². The highest BCUT2D eigenvalue weighted by atomic mass is 79.9. The van der Waals surface area contributed by atoms with E-state index in [-0.39, 0.29) is 0 Å². The molecule has 1 heterocycles. The minimum Gasteiger partial charge on any atom is -0.383 e. The van der Waals surface area contributed by atoms with Crippen molar-refractivity contribution >= 4 is 21.7 Å². The Balaban J connectivity index is 3.15. The van der Waals surface area contributed by atoms with Crippen LogP contribution in [-0.4, -0.2) is 9.97 Å². The largest absolute Gasteiger partial charge is 0.383 e. The summed E-state index contributed by atoms with van der Waals surface area (Å²) in [6.45, 7) is 6.38. The third-order valence-corrected chi connectivity index (χ3v) is 3.51. The van der Waals surface area contributed by atoms with E-state index >= 15 is 0 Å². The van der Waals surface area contributed by atoms with Crippen LogP contribution in [0.1, 0.15) is 51.0 Å². The van der Waals surface area contributed by atoms with Gasteiger partial charge in [0.05, 0.1) is 10.2 Å². The molecule has 0 saturated carbocycles. The quantitative estimate of drug-likeness (QED) is 0.915.